The van der Waals surface area contributed by atoms with Crippen molar-refractivity contribution in [3.05, 3.63) is 34.7 Å². The average Bonchev–Trinajstić information content (AvgIpc) is 2.59. The summed E-state index contributed by atoms with van der Waals surface area (Å²) in [6.45, 7) is -0.476. The standard InChI is InChI=1S/C9H10FN3O3/c10-5-3-8(16-6(5)4-14)13-2-1-7(11)12-9(13)15/h1-3,6,8,14H,4H2,(H2,11,12,15)/t6-,8+/m0/s1. The summed E-state index contributed by atoms with van der Waals surface area (Å²) in [6.07, 6.45) is 0.561. The highest BCUT2D eigenvalue weighted by Gasteiger charge is 2.28. The van der Waals surface area contributed by atoms with Crippen LogP contribution in [0.25, 0.3) is 0 Å². The van der Waals surface area contributed by atoms with Crippen LogP contribution < -0.4 is 11.4 Å². The minimum absolute atomic E-state index is 0.0856. The van der Waals surface area contributed by atoms with Crippen LogP contribution in [-0.2, 0) is 4.74 Å². The number of aliphatic hydroxyl groups excluding tert-OH is 1. The Balaban J connectivity index is 2.31. The maximum atomic E-state index is 13.2. The van der Waals surface area contributed by atoms with Crippen molar-refractivity contribution in [3.63, 3.8) is 0 Å². The number of anilines is 1. The predicted molar refractivity (Wildman–Crippen MR) is 53.1 cm³/mol. The van der Waals surface area contributed by atoms with Gasteiger partial charge in [-0.15, -0.1) is 0 Å². The number of nitrogen functional groups attached to an aromatic ring is 1. The third kappa shape index (κ3) is 1.82. The molecule has 0 fully saturated rings. The highest BCUT2D eigenvalue weighted by atomic mass is 19.1. The fraction of sp³-hybridized carbons (Fsp3) is 0.333. The molecule has 0 saturated carbocycles. The van der Waals surface area contributed by atoms with Gasteiger partial charge in [-0.2, -0.15) is 4.98 Å². The Morgan fingerprint density at radius 1 is 1.69 bits per heavy atom. The Morgan fingerprint density at radius 3 is 3.00 bits per heavy atom. The first-order valence-electron chi connectivity index (χ1n) is 4.60. The van der Waals surface area contributed by atoms with Gasteiger partial charge in [0.1, 0.15) is 17.7 Å². The molecule has 3 N–H and O–H groups in total. The van der Waals surface area contributed by atoms with Gasteiger partial charge in [-0.1, -0.05) is 0 Å². The highest BCUT2D eigenvalue weighted by molar-refractivity contribution is 5.24. The molecule has 0 aromatic carbocycles. The lowest BCUT2D eigenvalue weighted by molar-refractivity contribution is -0.0198. The molecule has 2 rings (SSSR count). The zero-order valence-electron chi connectivity index (χ0n) is 8.21. The number of nitrogens with zero attached hydrogens (tertiary/aromatic N) is 2. The van der Waals surface area contributed by atoms with Gasteiger partial charge in [0, 0.05) is 6.20 Å². The summed E-state index contributed by atoms with van der Waals surface area (Å²) in [7, 11) is 0. The minimum atomic E-state index is -1.02. The molecule has 0 radical (unpaired) electrons. The van der Waals surface area contributed by atoms with Crippen LogP contribution in [0.3, 0.4) is 0 Å². The van der Waals surface area contributed by atoms with E-state index in [9.17, 15) is 9.18 Å². The number of aliphatic hydroxyl groups is 1. The van der Waals surface area contributed by atoms with E-state index >= 15 is 0 Å². The van der Waals surface area contributed by atoms with Gasteiger partial charge in [0.05, 0.1) is 6.61 Å². The Bertz CT molecular complexity index is 485. The van der Waals surface area contributed by atoms with E-state index in [1.165, 1.54) is 12.3 Å². The molecule has 1 aliphatic rings. The lowest BCUT2D eigenvalue weighted by atomic mass is 10.3. The summed E-state index contributed by atoms with van der Waals surface area (Å²) < 4.78 is 19.3. The van der Waals surface area contributed by atoms with Crippen LogP contribution in [0.1, 0.15) is 6.23 Å². The van der Waals surface area contributed by atoms with E-state index in [4.69, 9.17) is 15.6 Å². The maximum Gasteiger partial charge on any atom is 0.351 e. The van der Waals surface area contributed by atoms with Gasteiger partial charge in [0.2, 0.25) is 0 Å². The van der Waals surface area contributed by atoms with Gasteiger partial charge in [-0.05, 0) is 12.1 Å². The van der Waals surface area contributed by atoms with Crippen molar-refractivity contribution in [1.29, 1.82) is 0 Å². The lowest BCUT2D eigenvalue weighted by Gasteiger charge is -2.14. The molecule has 0 spiro atoms. The van der Waals surface area contributed by atoms with Crippen LogP contribution in [0.2, 0.25) is 0 Å². The van der Waals surface area contributed by atoms with E-state index in [0.717, 1.165) is 10.6 Å². The molecule has 16 heavy (non-hydrogen) atoms. The van der Waals surface area contributed by atoms with E-state index in [1.807, 2.05) is 0 Å². The molecule has 0 amide bonds. The van der Waals surface area contributed by atoms with Crippen LogP contribution in [0.4, 0.5) is 10.2 Å². The van der Waals surface area contributed by atoms with E-state index in [0.29, 0.717) is 0 Å². The van der Waals surface area contributed by atoms with E-state index in [2.05, 4.69) is 4.98 Å². The number of aromatic nitrogens is 2. The summed E-state index contributed by atoms with van der Waals surface area (Å²) in [5.74, 6) is -0.515. The molecular weight excluding hydrogens is 217 g/mol. The number of hydrogen-bond donors (Lipinski definition) is 2. The largest absolute Gasteiger partial charge is 0.393 e. The van der Waals surface area contributed by atoms with Crippen molar-refractivity contribution in [2.24, 2.45) is 0 Å². The summed E-state index contributed by atoms with van der Waals surface area (Å²) in [5.41, 5.74) is 4.68. The SMILES string of the molecule is Nc1ccn([C@H]2C=C(F)[C@H](CO)O2)c(=O)n1. The molecule has 1 aliphatic heterocycles. The van der Waals surface area contributed by atoms with Gasteiger partial charge < -0.3 is 15.6 Å². The molecular formula is C9H10FN3O3. The first-order valence-corrected chi connectivity index (χ1v) is 4.60. The number of hydrogen-bond acceptors (Lipinski definition) is 5. The van der Waals surface area contributed by atoms with Crippen LogP contribution in [-0.4, -0.2) is 27.4 Å². The zero-order chi connectivity index (χ0) is 11.7. The Kier molecular flexibility index (Phi) is 2.71. The average molecular weight is 227 g/mol. The second-order valence-corrected chi connectivity index (χ2v) is 3.29. The van der Waals surface area contributed by atoms with Gasteiger partial charge in [-0.25, -0.2) is 9.18 Å². The Hall–Kier alpha value is -1.73. The summed E-state index contributed by atoms with van der Waals surface area (Å²) in [5, 5.41) is 8.79. The third-order valence-corrected chi connectivity index (χ3v) is 2.20. The fourth-order valence-corrected chi connectivity index (χ4v) is 1.41. The molecule has 0 unspecified atom stereocenters. The smallest absolute Gasteiger partial charge is 0.351 e. The number of ether oxygens (including phenoxy) is 1. The normalized spacial score (nSPS) is 24.5. The second kappa shape index (κ2) is 4.03. The van der Waals surface area contributed by atoms with Crippen LogP contribution in [0.15, 0.2) is 29.0 Å². The van der Waals surface area contributed by atoms with Crippen LogP contribution in [0, 0.1) is 0 Å². The summed E-state index contributed by atoms with van der Waals surface area (Å²) in [6, 6.07) is 1.41. The number of nitrogens with two attached hydrogens (primary N) is 1. The monoisotopic (exact) mass is 227 g/mol. The molecule has 86 valence electrons. The predicted octanol–water partition coefficient (Wildman–Crippen LogP) is -0.431. The molecule has 1 aromatic heterocycles. The first-order chi connectivity index (χ1) is 7.61. The quantitative estimate of drug-likeness (QED) is 0.715. The van der Waals surface area contributed by atoms with Gasteiger partial charge in [0.15, 0.2) is 6.23 Å². The molecule has 2 heterocycles. The van der Waals surface area contributed by atoms with Crippen LogP contribution in [0.5, 0.6) is 0 Å². The van der Waals surface area contributed by atoms with Gasteiger partial charge in [-0.3, -0.25) is 4.57 Å². The zero-order valence-corrected chi connectivity index (χ0v) is 8.21. The van der Waals surface area contributed by atoms with E-state index in [1.54, 1.807) is 0 Å². The maximum absolute atomic E-state index is 13.2. The van der Waals surface area contributed by atoms with Crippen LogP contribution >= 0.6 is 0 Å². The molecule has 0 saturated heterocycles. The Morgan fingerprint density at radius 2 is 2.44 bits per heavy atom. The number of rotatable bonds is 2. The molecule has 0 bridgehead atoms. The Labute approximate surface area is 89.8 Å². The van der Waals surface area contributed by atoms with Crippen molar-refractivity contribution < 1.29 is 14.2 Å². The van der Waals surface area contributed by atoms with Crippen molar-refractivity contribution in [2.75, 3.05) is 12.3 Å². The highest BCUT2D eigenvalue weighted by Crippen LogP contribution is 2.26. The van der Waals surface area contributed by atoms with Crippen molar-refractivity contribution in [2.45, 2.75) is 12.3 Å². The molecule has 2 atom stereocenters. The summed E-state index contributed by atoms with van der Waals surface area (Å²) in [4.78, 5) is 14.9. The van der Waals surface area contributed by atoms with Gasteiger partial charge >= 0.3 is 5.69 Å². The number of halogens is 1. The minimum Gasteiger partial charge on any atom is -0.393 e. The second-order valence-electron chi connectivity index (χ2n) is 3.29. The molecule has 7 heteroatoms. The molecule has 0 aliphatic carbocycles. The van der Waals surface area contributed by atoms with E-state index in [-0.39, 0.29) is 5.82 Å². The van der Waals surface area contributed by atoms with Crippen molar-refractivity contribution >= 4 is 5.82 Å². The topological polar surface area (TPSA) is 90.4 Å². The van der Waals surface area contributed by atoms with E-state index < -0.39 is 30.5 Å². The lowest BCUT2D eigenvalue weighted by Crippen LogP contribution is -2.28. The van der Waals surface area contributed by atoms with Crippen molar-refractivity contribution in [3.8, 4) is 0 Å². The first kappa shape index (κ1) is 10.8. The van der Waals surface area contributed by atoms with Gasteiger partial charge in [0.25, 0.3) is 0 Å². The summed E-state index contributed by atoms with van der Waals surface area (Å²) >= 11 is 0. The molecule has 1 aromatic rings. The van der Waals surface area contributed by atoms with Crippen molar-refractivity contribution in [1.82, 2.24) is 9.55 Å². The molecule has 6 nitrogen and oxygen atoms in total. The fourth-order valence-electron chi connectivity index (χ4n) is 1.41. The third-order valence-electron chi connectivity index (χ3n) is 2.20.